The molecule has 0 saturated heterocycles. The van der Waals surface area contributed by atoms with Gasteiger partial charge in [0.05, 0.1) is 35.7 Å². The highest BCUT2D eigenvalue weighted by Crippen LogP contribution is 2.40. The first kappa shape index (κ1) is 10.2. The van der Waals surface area contributed by atoms with Crippen molar-refractivity contribution in [3.05, 3.63) is 24.3 Å². The lowest BCUT2D eigenvalue weighted by atomic mass is 10.3. The predicted octanol–water partition coefficient (Wildman–Crippen LogP) is 1.48. The minimum absolute atomic E-state index is 0.0124. The summed E-state index contributed by atoms with van der Waals surface area (Å²) < 4.78 is 7.54. The molecule has 0 unspecified atom stereocenters. The van der Waals surface area contributed by atoms with Crippen molar-refractivity contribution >= 4 is 11.0 Å². The quantitative estimate of drug-likeness (QED) is 0.798. The SMILES string of the molecule is COC1(Cn2cnc3cc(C#N)ncc32)CC1. The van der Waals surface area contributed by atoms with E-state index in [2.05, 4.69) is 9.97 Å². The number of pyridine rings is 1. The zero-order valence-corrected chi connectivity index (χ0v) is 9.55. The Morgan fingerprint density at radius 2 is 2.35 bits per heavy atom. The molecule has 5 heteroatoms. The molecule has 1 aliphatic rings. The van der Waals surface area contributed by atoms with Crippen LogP contribution in [0.4, 0.5) is 0 Å². The number of nitriles is 1. The lowest BCUT2D eigenvalue weighted by molar-refractivity contribution is 0.0660. The van der Waals surface area contributed by atoms with Gasteiger partial charge in [0, 0.05) is 13.2 Å². The third-order valence-electron chi connectivity index (χ3n) is 3.32. The molecule has 2 aromatic rings. The van der Waals surface area contributed by atoms with Crippen molar-refractivity contribution in [3.8, 4) is 6.07 Å². The smallest absolute Gasteiger partial charge is 0.142 e. The van der Waals surface area contributed by atoms with Gasteiger partial charge in [-0.2, -0.15) is 5.26 Å². The molecule has 0 bridgehead atoms. The van der Waals surface area contributed by atoms with E-state index in [1.54, 1.807) is 25.7 Å². The number of aromatic nitrogens is 3. The van der Waals surface area contributed by atoms with Gasteiger partial charge >= 0.3 is 0 Å². The minimum Gasteiger partial charge on any atom is -0.376 e. The molecular weight excluding hydrogens is 216 g/mol. The number of rotatable bonds is 3. The molecule has 1 aliphatic carbocycles. The molecule has 0 aromatic carbocycles. The number of fused-ring (bicyclic) bond motifs is 1. The van der Waals surface area contributed by atoms with Crippen LogP contribution >= 0.6 is 0 Å². The first-order chi connectivity index (χ1) is 8.26. The van der Waals surface area contributed by atoms with E-state index in [1.807, 2.05) is 10.6 Å². The van der Waals surface area contributed by atoms with Crippen molar-refractivity contribution in [1.29, 1.82) is 5.26 Å². The van der Waals surface area contributed by atoms with Gasteiger partial charge in [-0.05, 0) is 12.8 Å². The standard InChI is InChI=1S/C12H12N4O/c1-17-12(2-3-12)7-16-8-15-10-4-9(5-13)14-6-11(10)16/h4,6,8H,2-3,7H2,1H3. The summed E-state index contributed by atoms with van der Waals surface area (Å²) in [6, 6.07) is 3.72. The highest BCUT2D eigenvalue weighted by atomic mass is 16.5. The van der Waals surface area contributed by atoms with Crippen LogP contribution in [0.25, 0.3) is 11.0 Å². The Bertz CT molecular complexity index is 606. The lowest BCUT2D eigenvalue weighted by Gasteiger charge is -2.14. The van der Waals surface area contributed by atoms with Crippen LogP contribution in [0.2, 0.25) is 0 Å². The molecule has 0 aliphatic heterocycles. The van der Waals surface area contributed by atoms with Crippen LogP contribution in [0.15, 0.2) is 18.6 Å². The summed E-state index contributed by atoms with van der Waals surface area (Å²) in [5, 5.41) is 8.77. The van der Waals surface area contributed by atoms with Crippen molar-refractivity contribution < 1.29 is 4.74 Å². The van der Waals surface area contributed by atoms with E-state index in [0.717, 1.165) is 30.4 Å². The molecule has 1 saturated carbocycles. The van der Waals surface area contributed by atoms with E-state index in [-0.39, 0.29) is 5.60 Å². The maximum absolute atomic E-state index is 8.77. The summed E-state index contributed by atoms with van der Waals surface area (Å²) in [4.78, 5) is 8.36. The van der Waals surface area contributed by atoms with Gasteiger partial charge < -0.3 is 9.30 Å². The summed E-state index contributed by atoms with van der Waals surface area (Å²) in [5.74, 6) is 0. The zero-order valence-electron chi connectivity index (χ0n) is 9.55. The molecule has 17 heavy (non-hydrogen) atoms. The molecule has 5 nitrogen and oxygen atoms in total. The molecule has 3 rings (SSSR count). The van der Waals surface area contributed by atoms with Gasteiger partial charge in [0.25, 0.3) is 0 Å². The second-order valence-corrected chi connectivity index (χ2v) is 4.43. The van der Waals surface area contributed by atoms with Gasteiger partial charge in [0.2, 0.25) is 0 Å². The highest BCUT2D eigenvalue weighted by molar-refractivity contribution is 5.75. The Morgan fingerprint density at radius 3 is 3.00 bits per heavy atom. The third-order valence-corrected chi connectivity index (χ3v) is 3.32. The molecule has 86 valence electrons. The van der Waals surface area contributed by atoms with Crippen molar-refractivity contribution in [3.63, 3.8) is 0 Å². The van der Waals surface area contributed by atoms with Crippen LogP contribution in [0, 0.1) is 11.3 Å². The number of imidazole rings is 1. The zero-order chi connectivity index (χ0) is 11.9. The summed E-state index contributed by atoms with van der Waals surface area (Å²) in [7, 11) is 1.75. The first-order valence-electron chi connectivity index (χ1n) is 5.52. The fourth-order valence-corrected chi connectivity index (χ4v) is 2.02. The topological polar surface area (TPSA) is 63.7 Å². The summed E-state index contributed by atoms with van der Waals surface area (Å²) in [5.41, 5.74) is 2.15. The fourth-order valence-electron chi connectivity index (χ4n) is 2.02. The minimum atomic E-state index is -0.0124. The summed E-state index contributed by atoms with van der Waals surface area (Å²) >= 11 is 0. The Kier molecular flexibility index (Phi) is 2.13. The number of methoxy groups -OCH3 is 1. The Balaban J connectivity index is 1.99. The average Bonchev–Trinajstić information content (AvgIpc) is 3.04. The van der Waals surface area contributed by atoms with Gasteiger partial charge in [-0.15, -0.1) is 0 Å². The van der Waals surface area contributed by atoms with E-state index in [4.69, 9.17) is 10.00 Å². The second kappa shape index (κ2) is 3.54. The Labute approximate surface area is 98.7 Å². The monoisotopic (exact) mass is 228 g/mol. The molecule has 0 radical (unpaired) electrons. The molecule has 2 aromatic heterocycles. The van der Waals surface area contributed by atoms with Crippen molar-refractivity contribution in [1.82, 2.24) is 14.5 Å². The van der Waals surface area contributed by atoms with Crippen LogP contribution in [-0.2, 0) is 11.3 Å². The van der Waals surface area contributed by atoms with Gasteiger partial charge in [-0.25, -0.2) is 9.97 Å². The van der Waals surface area contributed by atoms with Crippen LogP contribution in [-0.4, -0.2) is 27.2 Å². The molecule has 2 heterocycles. The second-order valence-electron chi connectivity index (χ2n) is 4.43. The van der Waals surface area contributed by atoms with E-state index >= 15 is 0 Å². The van der Waals surface area contributed by atoms with Gasteiger partial charge in [-0.1, -0.05) is 0 Å². The Hall–Kier alpha value is -1.93. The van der Waals surface area contributed by atoms with Crippen molar-refractivity contribution in [2.45, 2.75) is 25.0 Å². The van der Waals surface area contributed by atoms with Crippen LogP contribution in [0.5, 0.6) is 0 Å². The molecule has 1 fully saturated rings. The van der Waals surface area contributed by atoms with E-state index in [1.165, 1.54) is 0 Å². The molecule has 0 atom stereocenters. The van der Waals surface area contributed by atoms with E-state index in [9.17, 15) is 0 Å². The number of hydrogen-bond acceptors (Lipinski definition) is 4. The average molecular weight is 228 g/mol. The molecule has 0 N–H and O–H groups in total. The normalized spacial score (nSPS) is 16.9. The third kappa shape index (κ3) is 1.67. The van der Waals surface area contributed by atoms with E-state index < -0.39 is 0 Å². The van der Waals surface area contributed by atoms with Crippen LogP contribution < -0.4 is 0 Å². The maximum Gasteiger partial charge on any atom is 0.142 e. The first-order valence-corrected chi connectivity index (χ1v) is 5.52. The summed E-state index contributed by atoms with van der Waals surface area (Å²) in [6.07, 6.45) is 5.67. The molecule has 0 amide bonds. The molecule has 0 spiro atoms. The number of nitrogens with zero attached hydrogens (tertiary/aromatic N) is 4. The van der Waals surface area contributed by atoms with Gasteiger partial charge in [0.15, 0.2) is 0 Å². The van der Waals surface area contributed by atoms with Crippen molar-refractivity contribution in [2.75, 3.05) is 7.11 Å². The van der Waals surface area contributed by atoms with Crippen LogP contribution in [0.1, 0.15) is 18.5 Å². The van der Waals surface area contributed by atoms with Gasteiger partial charge in [-0.3, -0.25) is 0 Å². The Morgan fingerprint density at radius 1 is 1.53 bits per heavy atom. The highest BCUT2D eigenvalue weighted by Gasteiger charge is 2.43. The summed E-state index contributed by atoms with van der Waals surface area (Å²) in [6.45, 7) is 0.799. The van der Waals surface area contributed by atoms with Crippen LogP contribution in [0.3, 0.4) is 0 Å². The lowest BCUT2D eigenvalue weighted by Crippen LogP contribution is -2.19. The van der Waals surface area contributed by atoms with Gasteiger partial charge in [0.1, 0.15) is 11.8 Å². The molecular formula is C12H12N4O. The fraction of sp³-hybridized carbons (Fsp3) is 0.417. The number of ether oxygens (including phenoxy) is 1. The predicted molar refractivity (Wildman–Crippen MR) is 61.2 cm³/mol. The maximum atomic E-state index is 8.77. The number of hydrogen-bond donors (Lipinski definition) is 0. The van der Waals surface area contributed by atoms with E-state index in [0.29, 0.717) is 5.69 Å². The van der Waals surface area contributed by atoms with Crippen molar-refractivity contribution in [2.24, 2.45) is 0 Å². The largest absolute Gasteiger partial charge is 0.376 e.